The second-order valence-corrected chi connectivity index (χ2v) is 5.25. The molecule has 6 heteroatoms. The van der Waals surface area contributed by atoms with Crippen molar-refractivity contribution in [2.24, 2.45) is 0 Å². The van der Waals surface area contributed by atoms with Crippen molar-refractivity contribution in [1.29, 1.82) is 0 Å². The lowest BCUT2D eigenvalue weighted by Gasteiger charge is -2.04. The van der Waals surface area contributed by atoms with Gasteiger partial charge in [-0.1, -0.05) is 18.2 Å². The highest BCUT2D eigenvalue weighted by Crippen LogP contribution is 2.27. The molecule has 3 aromatic heterocycles. The summed E-state index contributed by atoms with van der Waals surface area (Å²) < 4.78 is 0. The summed E-state index contributed by atoms with van der Waals surface area (Å²) in [7, 11) is 0. The molecule has 0 atom stereocenters. The molecule has 2 N–H and O–H groups in total. The number of fused-ring (bicyclic) bond motifs is 1. The minimum Gasteiger partial charge on any atom is -0.478 e. The fourth-order valence-electron chi connectivity index (χ4n) is 2.59. The second-order valence-electron chi connectivity index (χ2n) is 5.25. The Labute approximate surface area is 136 Å². The minimum absolute atomic E-state index is 0.173. The number of carboxylic acids is 1. The molecule has 0 fully saturated rings. The van der Waals surface area contributed by atoms with E-state index in [1.807, 2.05) is 30.5 Å². The van der Waals surface area contributed by atoms with Gasteiger partial charge in [0.15, 0.2) is 5.82 Å². The van der Waals surface area contributed by atoms with Crippen molar-refractivity contribution in [1.82, 2.24) is 19.9 Å². The number of carbonyl (C=O) groups is 1. The number of nitrogens with zero attached hydrogens (tertiary/aromatic N) is 3. The zero-order valence-corrected chi connectivity index (χ0v) is 12.5. The van der Waals surface area contributed by atoms with Gasteiger partial charge in [0.2, 0.25) is 0 Å². The highest BCUT2D eigenvalue weighted by molar-refractivity contribution is 5.94. The van der Waals surface area contributed by atoms with E-state index in [1.165, 1.54) is 18.3 Å². The Morgan fingerprint density at radius 1 is 1.00 bits per heavy atom. The molecule has 6 nitrogen and oxygen atoms in total. The molecular formula is C18H12N4O2. The van der Waals surface area contributed by atoms with Crippen LogP contribution >= 0.6 is 0 Å². The lowest BCUT2D eigenvalue weighted by atomic mass is 10.1. The number of carboxylic acid groups (broad SMARTS) is 1. The van der Waals surface area contributed by atoms with Crippen LogP contribution in [0.15, 0.2) is 61.1 Å². The molecule has 3 heterocycles. The van der Waals surface area contributed by atoms with E-state index in [4.69, 9.17) is 5.11 Å². The number of nitrogens with one attached hydrogen (secondary N) is 1. The minimum atomic E-state index is -0.996. The summed E-state index contributed by atoms with van der Waals surface area (Å²) in [5, 5.41) is 10.1. The smallest absolute Gasteiger partial charge is 0.335 e. The molecule has 0 aliphatic carbocycles. The van der Waals surface area contributed by atoms with Crippen LogP contribution in [0, 0.1) is 0 Å². The predicted molar refractivity (Wildman–Crippen MR) is 89.5 cm³/mol. The molecule has 0 spiro atoms. The van der Waals surface area contributed by atoms with Gasteiger partial charge in [0, 0.05) is 35.1 Å². The van der Waals surface area contributed by atoms with Crippen LogP contribution in [0.25, 0.3) is 33.7 Å². The first-order valence-corrected chi connectivity index (χ1v) is 7.31. The Morgan fingerprint density at radius 3 is 2.71 bits per heavy atom. The molecule has 0 saturated heterocycles. The van der Waals surface area contributed by atoms with Crippen molar-refractivity contribution in [3.63, 3.8) is 0 Å². The fraction of sp³-hybridized carbons (Fsp3) is 0. The standard InChI is InChI=1S/C18H12N4O2/c23-18(24)11-5-7-19-16(9-11)15-6-8-20-17(22-15)13-10-21-14-4-2-1-3-12(13)14/h1-10,21H,(H,23,24). The number of pyridine rings is 1. The zero-order chi connectivity index (χ0) is 16.5. The first kappa shape index (κ1) is 14.1. The van der Waals surface area contributed by atoms with Gasteiger partial charge in [0.25, 0.3) is 0 Å². The van der Waals surface area contributed by atoms with Gasteiger partial charge in [-0.05, 0) is 24.3 Å². The van der Waals surface area contributed by atoms with Crippen LogP contribution in [0.2, 0.25) is 0 Å². The molecule has 0 unspecified atom stereocenters. The number of para-hydroxylation sites is 1. The number of H-pyrrole nitrogens is 1. The third-order valence-corrected chi connectivity index (χ3v) is 3.76. The van der Waals surface area contributed by atoms with Crippen LogP contribution in [0.3, 0.4) is 0 Å². The van der Waals surface area contributed by atoms with Crippen LogP contribution in [0.1, 0.15) is 10.4 Å². The number of aromatic amines is 1. The first-order valence-electron chi connectivity index (χ1n) is 7.31. The predicted octanol–water partition coefficient (Wildman–Crippen LogP) is 3.39. The lowest BCUT2D eigenvalue weighted by Crippen LogP contribution is -1.98. The Bertz CT molecular complexity index is 1060. The van der Waals surface area contributed by atoms with E-state index in [-0.39, 0.29) is 5.56 Å². The molecule has 4 rings (SSSR count). The van der Waals surface area contributed by atoms with Crippen LogP contribution in [-0.4, -0.2) is 31.0 Å². The Morgan fingerprint density at radius 2 is 1.83 bits per heavy atom. The third-order valence-electron chi connectivity index (χ3n) is 3.76. The summed E-state index contributed by atoms with van der Waals surface area (Å²) in [5.41, 5.74) is 3.15. The van der Waals surface area contributed by atoms with Gasteiger partial charge < -0.3 is 10.1 Å². The van der Waals surface area contributed by atoms with Gasteiger partial charge in [-0.2, -0.15) is 0 Å². The topological polar surface area (TPSA) is 91.8 Å². The average Bonchev–Trinajstić information content (AvgIpc) is 3.06. The van der Waals surface area contributed by atoms with Crippen molar-refractivity contribution in [3.05, 3.63) is 66.6 Å². The van der Waals surface area contributed by atoms with Gasteiger partial charge in [-0.25, -0.2) is 14.8 Å². The summed E-state index contributed by atoms with van der Waals surface area (Å²) in [5.74, 6) is -0.433. The maximum absolute atomic E-state index is 11.1. The van der Waals surface area contributed by atoms with Crippen molar-refractivity contribution < 1.29 is 9.90 Å². The van der Waals surface area contributed by atoms with E-state index in [2.05, 4.69) is 19.9 Å². The molecular weight excluding hydrogens is 304 g/mol. The summed E-state index contributed by atoms with van der Waals surface area (Å²) in [6.07, 6.45) is 4.98. The molecule has 0 radical (unpaired) electrons. The van der Waals surface area contributed by atoms with Gasteiger partial charge in [-0.3, -0.25) is 4.98 Å². The number of aromatic nitrogens is 4. The zero-order valence-electron chi connectivity index (χ0n) is 12.5. The highest BCUT2D eigenvalue weighted by atomic mass is 16.4. The largest absolute Gasteiger partial charge is 0.478 e. The first-order chi connectivity index (χ1) is 11.7. The monoisotopic (exact) mass is 316 g/mol. The average molecular weight is 316 g/mol. The fourth-order valence-corrected chi connectivity index (χ4v) is 2.59. The number of benzene rings is 1. The number of aromatic carboxylic acids is 1. The van der Waals surface area contributed by atoms with Crippen molar-refractivity contribution >= 4 is 16.9 Å². The maximum Gasteiger partial charge on any atom is 0.335 e. The Hall–Kier alpha value is -3.54. The third kappa shape index (κ3) is 2.40. The summed E-state index contributed by atoms with van der Waals surface area (Å²) in [6.45, 7) is 0. The number of hydrogen-bond acceptors (Lipinski definition) is 4. The molecule has 0 amide bonds. The Kier molecular flexibility index (Phi) is 3.28. The molecule has 24 heavy (non-hydrogen) atoms. The van der Waals surface area contributed by atoms with Gasteiger partial charge in [0.05, 0.1) is 17.0 Å². The van der Waals surface area contributed by atoms with E-state index >= 15 is 0 Å². The molecule has 1 aromatic carbocycles. The Balaban J connectivity index is 1.82. The van der Waals surface area contributed by atoms with E-state index in [1.54, 1.807) is 12.3 Å². The maximum atomic E-state index is 11.1. The summed E-state index contributed by atoms with van der Waals surface area (Å²) in [6, 6.07) is 12.6. The van der Waals surface area contributed by atoms with Crippen molar-refractivity contribution in [3.8, 4) is 22.8 Å². The number of rotatable bonds is 3. The molecule has 0 aliphatic heterocycles. The summed E-state index contributed by atoms with van der Waals surface area (Å²) >= 11 is 0. The van der Waals surface area contributed by atoms with E-state index in [0.29, 0.717) is 17.2 Å². The molecule has 116 valence electrons. The number of hydrogen-bond donors (Lipinski definition) is 2. The normalized spacial score (nSPS) is 10.8. The van der Waals surface area contributed by atoms with Crippen LogP contribution in [-0.2, 0) is 0 Å². The molecule has 0 saturated carbocycles. The highest BCUT2D eigenvalue weighted by Gasteiger charge is 2.11. The summed E-state index contributed by atoms with van der Waals surface area (Å²) in [4.78, 5) is 27.4. The van der Waals surface area contributed by atoms with Gasteiger partial charge in [-0.15, -0.1) is 0 Å². The molecule has 0 bridgehead atoms. The van der Waals surface area contributed by atoms with Gasteiger partial charge >= 0.3 is 5.97 Å². The van der Waals surface area contributed by atoms with E-state index in [0.717, 1.165) is 16.5 Å². The molecule has 4 aromatic rings. The lowest BCUT2D eigenvalue weighted by molar-refractivity contribution is 0.0697. The quantitative estimate of drug-likeness (QED) is 0.604. The van der Waals surface area contributed by atoms with Crippen LogP contribution in [0.4, 0.5) is 0 Å². The van der Waals surface area contributed by atoms with Crippen molar-refractivity contribution in [2.75, 3.05) is 0 Å². The van der Waals surface area contributed by atoms with E-state index in [9.17, 15) is 4.79 Å². The van der Waals surface area contributed by atoms with E-state index < -0.39 is 5.97 Å². The van der Waals surface area contributed by atoms with Crippen LogP contribution < -0.4 is 0 Å². The van der Waals surface area contributed by atoms with Gasteiger partial charge in [0.1, 0.15) is 0 Å². The van der Waals surface area contributed by atoms with Crippen molar-refractivity contribution in [2.45, 2.75) is 0 Å². The SMILES string of the molecule is O=C(O)c1ccnc(-c2ccnc(-c3c[nH]c4ccccc34)n2)c1. The second kappa shape index (κ2) is 5.58. The molecule has 0 aliphatic rings. The van der Waals surface area contributed by atoms with Crippen LogP contribution in [0.5, 0.6) is 0 Å².